The first kappa shape index (κ1) is 21.1. The van der Waals surface area contributed by atoms with Crippen molar-refractivity contribution in [1.29, 1.82) is 0 Å². The molecular weight excluding hydrogens is 417 g/mol. The van der Waals surface area contributed by atoms with Crippen LogP contribution in [0.3, 0.4) is 0 Å². The number of ether oxygens (including phenoxy) is 2. The summed E-state index contributed by atoms with van der Waals surface area (Å²) in [5.74, 6) is 0.181. The summed E-state index contributed by atoms with van der Waals surface area (Å²) in [7, 11) is 0. The van der Waals surface area contributed by atoms with Crippen molar-refractivity contribution < 1.29 is 27.4 Å². The van der Waals surface area contributed by atoms with Crippen LogP contribution in [0.4, 0.5) is 29.6 Å². The molecule has 0 saturated carbocycles. The number of cyclic esters (lactones) is 1. The predicted molar refractivity (Wildman–Crippen MR) is 105 cm³/mol. The number of anilines is 2. The van der Waals surface area contributed by atoms with Gasteiger partial charge in [0, 0.05) is 37.8 Å². The minimum Gasteiger partial charge on any atom is -0.441 e. The number of aromatic nitrogens is 3. The van der Waals surface area contributed by atoms with Gasteiger partial charge in [-0.15, -0.1) is 13.2 Å². The molecule has 1 unspecified atom stereocenters. The first-order valence-electron chi connectivity index (χ1n) is 9.82. The van der Waals surface area contributed by atoms with Gasteiger partial charge < -0.3 is 19.7 Å². The predicted octanol–water partition coefficient (Wildman–Crippen LogP) is 3.25. The van der Waals surface area contributed by atoms with E-state index >= 15 is 0 Å². The van der Waals surface area contributed by atoms with E-state index in [9.17, 15) is 18.0 Å². The van der Waals surface area contributed by atoms with Crippen LogP contribution in [0.15, 0.2) is 18.5 Å². The van der Waals surface area contributed by atoms with Gasteiger partial charge in [-0.3, -0.25) is 5.32 Å². The Morgan fingerprint density at radius 1 is 1.32 bits per heavy atom. The van der Waals surface area contributed by atoms with E-state index in [-0.39, 0.29) is 23.2 Å². The number of hydrogen-bond acceptors (Lipinski definition) is 8. The van der Waals surface area contributed by atoms with Crippen molar-refractivity contribution in [1.82, 2.24) is 20.3 Å². The van der Waals surface area contributed by atoms with Crippen molar-refractivity contribution in [2.75, 3.05) is 29.9 Å². The molecule has 0 aliphatic carbocycles. The number of alkyl halides is 3. The largest absolute Gasteiger partial charge is 0.573 e. The number of piperazine rings is 1. The standard InChI is InChI=1S/C19H21F3N6O3/c1-3-13-15-16(24-9-25-17(15)27-18(29)30-13)12-6-11(31-19(20,21)22)7-14(26-12)28-5-4-23-10(2)8-28/h6-7,9-10,13,23H,3-5,8H2,1-2H3,(H,24,25,27,29)/t10-,13?/m0/s1. The maximum Gasteiger partial charge on any atom is 0.573 e. The molecular formula is C19H21F3N6O3. The molecule has 166 valence electrons. The summed E-state index contributed by atoms with van der Waals surface area (Å²) in [5.41, 5.74) is 0.898. The number of amides is 1. The molecule has 0 radical (unpaired) electrons. The lowest BCUT2D eigenvalue weighted by Crippen LogP contribution is -2.49. The maximum absolute atomic E-state index is 13.0. The molecule has 4 rings (SSSR count). The van der Waals surface area contributed by atoms with Gasteiger partial charge >= 0.3 is 12.5 Å². The topological polar surface area (TPSA) is 102 Å². The molecule has 9 nitrogen and oxygen atoms in total. The van der Waals surface area contributed by atoms with Crippen molar-refractivity contribution in [3.63, 3.8) is 0 Å². The van der Waals surface area contributed by atoms with Crippen LogP contribution < -0.4 is 20.3 Å². The molecule has 2 N–H and O–H groups in total. The number of carbonyl (C=O) groups excluding carboxylic acids is 1. The second kappa shape index (κ2) is 8.17. The molecule has 1 amide bonds. The highest BCUT2D eigenvalue weighted by atomic mass is 19.4. The highest BCUT2D eigenvalue weighted by Crippen LogP contribution is 2.39. The average Bonchev–Trinajstić information content (AvgIpc) is 2.71. The van der Waals surface area contributed by atoms with E-state index in [2.05, 4.69) is 30.3 Å². The summed E-state index contributed by atoms with van der Waals surface area (Å²) >= 11 is 0. The molecule has 2 aliphatic heterocycles. The average molecular weight is 438 g/mol. The lowest BCUT2D eigenvalue weighted by atomic mass is 10.0. The molecule has 4 heterocycles. The molecule has 1 saturated heterocycles. The Morgan fingerprint density at radius 2 is 2.13 bits per heavy atom. The van der Waals surface area contributed by atoms with Gasteiger partial charge in [-0.2, -0.15) is 0 Å². The first-order valence-corrected chi connectivity index (χ1v) is 9.82. The summed E-state index contributed by atoms with van der Waals surface area (Å²) in [4.78, 5) is 26.6. The van der Waals surface area contributed by atoms with Crippen molar-refractivity contribution in [3.05, 3.63) is 24.0 Å². The van der Waals surface area contributed by atoms with Crippen molar-refractivity contribution >= 4 is 17.7 Å². The Hall–Kier alpha value is -3.15. The van der Waals surface area contributed by atoms with Crippen molar-refractivity contribution in [2.24, 2.45) is 0 Å². The lowest BCUT2D eigenvalue weighted by molar-refractivity contribution is -0.274. The van der Waals surface area contributed by atoms with E-state index in [1.54, 1.807) is 0 Å². The summed E-state index contributed by atoms with van der Waals surface area (Å²) in [6, 6.07) is 2.58. The van der Waals surface area contributed by atoms with Crippen molar-refractivity contribution in [3.8, 4) is 17.1 Å². The summed E-state index contributed by atoms with van der Waals surface area (Å²) in [6.45, 7) is 5.61. The molecule has 31 heavy (non-hydrogen) atoms. The fourth-order valence-electron chi connectivity index (χ4n) is 3.71. The molecule has 12 heteroatoms. The van der Waals surface area contributed by atoms with Gasteiger partial charge in [-0.25, -0.2) is 19.7 Å². The zero-order valence-electron chi connectivity index (χ0n) is 16.9. The third kappa shape index (κ3) is 4.63. The fourth-order valence-corrected chi connectivity index (χ4v) is 3.71. The van der Waals surface area contributed by atoms with Crippen LogP contribution in [0, 0.1) is 0 Å². The van der Waals surface area contributed by atoms with Gasteiger partial charge in [0.25, 0.3) is 0 Å². The number of nitrogens with one attached hydrogen (secondary N) is 2. The quantitative estimate of drug-likeness (QED) is 0.750. The molecule has 1 fully saturated rings. The Labute approximate surface area is 176 Å². The Bertz CT molecular complexity index is 987. The Balaban J connectivity index is 1.83. The number of carbonyl (C=O) groups is 1. The van der Waals surface area contributed by atoms with Gasteiger partial charge in [0.15, 0.2) is 0 Å². The van der Waals surface area contributed by atoms with Crippen molar-refractivity contribution in [2.45, 2.75) is 38.8 Å². The summed E-state index contributed by atoms with van der Waals surface area (Å²) in [6.07, 6.45) is -4.52. The van der Waals surface area contributed by atoms with Gasteiger partial charge in [-0.05, 0) is 13.3 Å². The normalized spacial score (nSPS) is 21.2. The number of halogens is 3. The molecule has 0 spiro atoms. The maximum atomic E-state index is 13.0. The van der Waals surface area contributed by atoms with Crippen LogP contribution in [-0.4, -0.2) is 53.1 Å². The Morgan fingerprint density at radius 3 is 2.84 bits per heavy atom. The zero-order valence-corrected chi connectivity index (χ0v) is 16.9. The first-order chi connectivity index (χ1) is 14.7. The molecule has 2 aromatic rings. The number of pyridine rings is 1. The molecule has 2 aromatic heterocycles. The smallest absolute Gasteiger partial charge is 0.441 e. The highest BCUT2D eigenvalue weighted by molar-refractivity contribution is 5.88. The van der Waals surface area contributed by atoms with E-state index in [1.807, 2.05) is 18.7 Å². The van der Waals surface area contributed by atoms with E-state index in [4.69, 9.17) is 4.74 Å². The van der Waals surface area contributed by atoms with Crippen LogP contribution in [0.25, 0.3) is 11.4 Å². The number of nitrogens with zero attached hydrogens (tertiary/aromatic N) is 4. The number of hydrogen-bond donors (Lipinski definition) is 2. The zero-order chi connectivity index (χ0) is 22.2. The van der Waals surface area contributed by atoms with Crippen LogP contribution >= 0.6 is 0 Å². The highest BCUT2D eigenvalue weighted by Gasteiger charge is 2.34. The van der Waals surface area contributed by atoms with Gasteiger partial charge in [0.1, 0.15) is 35.5 Å². The minimum atomic E-state index is -4.86. The molecule has 0 aromatic carbocycles. The van der Waals surface area contributed by atoms with Gasteiger partial charge in [0.05, 0.1) is 11.3 Å². The number of fused-ring (bicyclic) bond motifs is 1. The van der Waals surface area contributed by atoms with E-state index in [0.29, 0.717) is 37.4 Å². The lowest BCUT2D eigenvalue weighted by Gasteiger charge is -2.33. The van der Waals surface area contributed by atoms with Crippen LogP contribution in [0.1, 0.15) is 31.9 Å². The second-order valence-corrected chi connectivity index (χ2v) is 7.31. The third-order valence-corrected chi connectivity index (χ3v) is 5.00. The van der Waals surface area contributed by atoms with Gasteiger partial charge in [0.2, 0.25) is 0 Å². The molecule has 0 bridgehead atoms. The monoisotopic (exact) mass is 438 g/mol. The number of rotatable bonds is 4. The van der Waals surface area contributed by atoms with Crippen LogP contribution in [0.2, 0.25) is 0 Å². The summed E-state index contributed by atoms with van der Waals surface area (Å²) < 4.78 is 48.5. The van der Waals surface area contributed by atoms with E-state index in [1.165, 1.54) is 18.5 Å². The second-order valence-electron chi connectivity index (χ2n) is 7.31. The fraction of sp³-hybridized carbons (Fsp3) is 0.474. The minimum absolute atomic E-state index is 0.145. The molecule has 2 atom stereocenters. The van der Waals surface area contributed by atoms with Crippen LogP contribution in [-0.2, 0) is 4.74 Å². The Kier molecular flexibility index (Phi) is 5.56. The van der Waals surface area contributed by atoms with Crippen LogP contribution in [0.5, 0.6) is 5.75 Å². The third-order valence-electron chi connectivity index (χ3n) is 5.00. The van der Waals surface area contributed by atoms with E-state index < -0.39 is 24.3 Å². The summed E-state index contributed by atoms with van der Waals surface area (Å²) in [5, 5.41) is 5.78. The van der Waals surface area contributed by atoms with E-state index in [0.717, 1.165) is 0 Å². The SMILES string of the molecule is CCC1OC(=O)Nc2ncnc(-c3cc(OC(F)(F)F)cc(N4CCN[C@@H](C)C4)n3)c21. The molecule has 2 aliphatic rings. The van der Waals surface area contributed by atoms with Gasteiger partial charge in [-0.1, -0.05) is 6.92 Å².